The molecule has 2 aliphatic heterocycles. The van der Waals surface area contributed by atoms with Gasteiger partial charge in [0.2, 0.25) is 0 Å². The zero-order valence-corrected chi connectivity index (χ0v) is 35.7. The van der Waals surface area contributed by atoms with Crippen molar-refractivity contribution < 1.29 is 24.1 Å². The maximum atomic E-state index is 6.61. The summed E-state index contributed by atoms with van der Waals surface area (Å²) >= 11 is 2.47. The minimum absolute atomic E-state index is 0.101. The van der Waals surface area contributed by atoms with E-state index >= 15 is 0 Å². The molecule has 58 heavy (non-hydrogen) atoms. The van der Waals surface area contributed by atoms with Crippen molar-refractivity contribution in [1.82, 2.24) is 18.5 Å². The van der Waals surface area contributed by atoms with Crippen molar-refractivity contribution in [2.24, 2.45) is 0 Å². The SMILES string of the molecule is Cc1cc(-n2c3[c-]c(Oc4[c-]c(-n5cc6c7ccc(n6[c]5=[Pt])CCc5ccc(cc5)CC7)ccc4)ccc3c3ccccc32)nc(C)c1-c1ccc(C(C)(C)C)cc1. The molecule has 0 saturated carbocycles. The van der Waals surface area contributed by atoms with Crippen molar-refractivity contribution in [2.75, 3.05) is 0 Å². The van der Waals surface area contributed by atoms with Crippen LogP contribution in [-0.2, 0) is 50.5 Å². The molecule has 290 valence electrons. The number of aryl methyl sites for hydroxylation is 6. The Morgan fingerprint density at radius 3 is 2.19 bits per heavy atom. The van der Waals surface area contributed by atoms with E-state index in [0.29, 0.717) is 11.5 Å². The molecule has 0 radical (unpaired) electrons. The molecular weight excluding hydrogens is 892 g/mol. The smallest absolute Gasteiger partial charge is 0.0579 e. The van der Waals surface area contributed by atoms with Crippen LogP contribution in [0.25, 0.3) is 50.0 Å². The van der Waals surface area contributed by atoms with Gasteiger partial charge in [0.1, 0.15) is 0 Å². The van der Waals surface area contributed by atoms with Crippen molar-refractivity contribution in [3.8, 4) is 34.1 Å². The first kappa shape index (κ1) is 36.6. The second-order valence-electron chi connectivity index (χ2n) is 16.7. The van der Waals surface area contributed by atoms with Crippen molar-refractivity contribution in [3.05, 3.63) is 183 Å². The van der Waals surface area contributed by atoms with Gasteiger partial charge in [-0.1, -0.05) is 57.2 Å². The topological polar surface area (TPSA) is 36.4 Å². The van der Waals surface area contributed by atoms with Crippen molar-refractivity contribution in [1.29, 1.82) is 0 Å². The molecular formula is C52H44N4OPt-2. The number of fused-ring (bicyclic) bond motifs is 3. The van der Waals surface area contributed by atoms with Gasteiger partial charge in [0, 0.05) is 11.3 Å². The molecule has 9 aromatic rings. The molecule has 6 heterocycles. The first-order valence-electron chi connectivity index (χ1n) is 20.1. The van der Waals surface area contributed by atoms with Crippen LogP contribution in [0.2, 0.25) is 0 Å². The van der Waals surface area contributed by atoms with Gasteiger partial charge in [-0.05, 0) is 36.0 Å². The Morgan fingerprint density at radius 1 is 0.690 bits per heavy atom. The Hall–Kier alpha value is -5.77. The van der Waals surface area contributed by atoms with E-state index in [1.807, 2.05) is 18.2 Å². The monoisotopic (exact) mass is 935 g/mol. The zero-order chi connectivity index (χ0) is 39.7. The number of aromatic nitrogens is 4. The minimum atomic E-state index is 0.101. The fourth-order valence-electron chi connectivity index (χ4n) is 8.69. The summed E-state index contributed by atoms with van der Waals surface area (Å²) in [6.45, 7) is 11.1. The fourth-order valence-corrected chi connectivity index (χ4v) is 9.71. The van der Waals surface area contributed by atoms with Crippen LogP contribution in [0.1, 0.15) is 60.0 Å². The van der Waals surface area contributed by atoms with Crippen LogP contribution in [-0.4, -0.2) is 18.5 Å². The molecule has 2 aliphatic carbocycles. The first-order valence-corrected chi connectivity index (χ1v) is 21.3. The zero-order valence-electron chi connectivity index (χ0n) is 33.5. The Morgan fingerprint density at radius 2 is 1.43 bits per heavy atom. The number of imidazole rings is 1. The molecule has 13 rings (SSSR count). The van der Waals surface area contributed by atoms with E-state index in [0.717, 1.165) is 68.5 Å². The van der Waals surface area contributed by atoms with Crippen LogP contribution in [0, 0.1) is 29.8 Å². The van der Waals surface area contributed by atoms with Crippen molar-refractivity contribution in [3.63, 3.8) is 0 Å². The Kier molecular flexibility index (Phi) is 8.98. The molecule has 0 saturated heterocycles. The third kappa shape index (κ3) is 6.46. The Balaban J connectivity index is 1.01. The minimum Gasteiger partial charge on any atom is -0.0579 e. The summed E-state index contributed by atoms with van der Waals surface area (Å²) in [6, 6.07) is 51.0. The van der Waals surface area contributed by atoms with Crippen LogP contribution >= 0.6 is 0 Å². The van der Waals surface area contributed by atoms with Gasteiger partial charge in [0.25, 0.3) is 0 Å². The van der Waals surface area contributed by atoms with E-state index in [4.69, 9.17) is 9.72 Å². The number of ether oxygens (including phenoxy) is 1. The average Bonchev–Trinajstić information content (AvgIpc) is 3.73. The second kappa shape index (κ2) is 14.3. The summed E-state index contributed by atoms with van der Waals surface area (Å²) in [5, 5.41) is 2.25. The predicted molar refractivity (Wildman–Crippen MR) is 231 cm³/mol. The number of benzene rings is 5. The number of para-hydroxylation sites is 1. The molecule has 0 amide bonds. The quantitative estimate of drug-likeness (QED) is 0.161. The summed E-state index contributed by atoms with van der Waals surface area (Å²) in [6.07, 6.45) is 6.23. The summed E-state index contributed by atoms with van der Waals surface area (Å²) in [5.74, 6) is 2.12. The van der Waals surface area contributed by atoms with Crippen LogP contribution in [0.5, 0.6) is 11.5 Å². The Bertz CT molecular complexity index is 3080. The maximum absolute atomic E-state index is 6.61. The van der Waals surface area contributed by atoms with Gasteiger partial charge < -0.3 is 0 Å². The third-order valence-corrected chi connectivity index (χ3v) is 12.8. The average molecular weight is 936 g/mol. The first-order chi connectivity index (χ1) is 28.1. The van der Waals surface area contributed by atoms with Gasteiger partial charge >= 0.3 is 248 Å². The molecule has 5 aromatic carbocycles. The summed E-state index contributed by atoms with van der Waals surface area (Å²) < 4.78 is 14.6. The molecule has 0 spiro atoms. The van der Waals surface area contributed by atoms with Gasteiger partial charge in [-0.25, -0.2) is 0 Å². The second-order valence-corrected chi connectivity index (χ2v) is 17.7. The van der Waals surface area contributed by atoms with E-state index in [-0.39, 0.29) is 5.41 Å². The van der Waals surface area contributed by atoms with Crippen LogP contribution < -0.4 is 4.74 Å². The van der Waals surface area contributed by atoms with Crippen LogP contribution in [0.3, 0.4) is 0 Å². The van der Waals surface area contributed by atoms with Crippen molar-refractivity contribution in [2.45, 2.75) is 65.7 Å². The number of hydrogen-bond donors (Lipinski definition) is 0. The number of hydrogen-bond acceptors (Lipinski definition) is 2. The molecule has 0 fully saturated rings. The van der Waals surface area contributed by atoms with Crippen LogP contribution in [0.4, 0.5) is 0 Å². The van der Waals surface area contributed by atoms with E-state index < -0.39 is 0 Å². The molecule has 6 heteroatoms. The summed E-state index contributed by atoms with van der Waals surface area (Å²) in [4.78, 5) is 5.25. The standard InChI is InChI=1S/C52H44N4O.Pt/c1-34-29-50(53-35(2)51(34)39-20-23-40(24-21-39)52(3,4)5)56-47-12-7-6-11-45(47)46-28-27-44(31-48(46)56)57-43-10-8-9-42(30-43)54-32-49-38-19-17-36-13-15-37(16-14-36)18-25-41(26-22-38)55(49)33-54;/h6-16,20-24,26-29,32H,17-19,25H2,1-5H3;/q-2;. The number of rotatable bonds is 5. The molecule has 0 unspecified atom stereocenters. The van der Waals surface area contributed by atoms with E-state index in [1.54, 1.807) is 0 Å². The molecule has 0 N–H and O–H groups in total. The molecule has 5 nitrogen and oxygen atoms in total. The predicted octanol–water partition coefficient (Wildman–Crippen LogP) is 12.2. The summed E-state index contributed by atoms with van der Waals surface area (Å²) in [7, 11) is 0. The van der Waals surface area contributed by atoms with Crippen LogP contribution in [0.15, 0.2) is 128 Å². The number of pyridine rings is 2. The van der Waals surface area contributed by atoms with Gasteiger partial charge in [-0.15, -0.1) is 0 Å². The molecule has 4 aliphatic rings. The van der Waals surface area contributed by atoms with E-state index in [2.05, 4.69) is 189 Å². The molecule has 0 atom stereocenters. The fraction of sp³-hybridized carbons (Fsp3) is 0.192. The normalized spacial score (nSPS) is 13.1. The molecule has 4 bridgehead atoms. The summed E-state index contributed by atoms with van der Waals surface area (Å²) in [5.41, 5.74) is 15.5. The van der Waals surface area contributed by atoms with Gasteiger partial charge in [-0.3, -0.25) is 0 Å². The van der Waals surface area contributed by atoms with Gasteiger partial charge in [-0.2, -0.15) is 0 Å². The van der Waals surface area contributed by atoms with Gasteiger partial charge in [0.05, 0.1) is 0 Å². The number of nitrogens with zero attached hydrogens (tertiary/aromatic N) is 4. The van der Waals surface area contributed by atoms with E-state index in [9.17, 15) is 0 Å². The third-order valence-electron chi connectivity index (χ3n) is 11.8. The van der Waals surface area contributed by atoms with Gasteiger partial charge in [0.15, 0.2) is 0 Å². The molecule has 4 aromatic heterocycles. The van der Waals surface area contributed by atoms with E-state index in [1.165, 1.54) is 50.2 Å². The Labute approximate surface area is 350 Å². The van der Waals surface area contributed by atoms with Crippen molar-refractivity contribution >= 4 is 27.3 Å².